The van der Waals surface area contributed by atoms with Gasteiger partial charge in [-0.2, -0.15) is 0 Å². The molecule has 0 aromatic carbocycles. The number of thiol groups is 1. The maximum absolute atomic E-state index is 5.09. The minimum atomic E-state index is 0.644. The summed E-state index contributed by atoms with van der Waals surface area (Å²) in [5, 5.41) is 0. The third kappa shape index (κ3) is 5.06. The molecule has 0 aliphatic carbocycles. The molecule has 0 bridgehead atoms. The van der Waals surface area contributed by atoms with E-state index in [0.29, 0.717) is 10.7 Å². The lowest BCUT2D eigenvalue weighted by Crippen LogP contribution is -2.27. The van der Waals surface area contributed by atoms with Crippen molar-refractivity contribution in [3.63, 3.8) is 0 Å². The van der Waals surface area contributed by atoms with Gasteiger partial charge in [0.1, 0.15) is 0 Å². The molecule has 0 radical (unpaired) electrons. The first-order valence-electron chi connectivity index (χ1n) is 5.98. The molecule has 0 aliphatic heterocycles. The molecule has 3 nitrogen and oxygen atoms in total. The van der Waals surface area contributed by atoms with Gasteiger partial charge in [-0.3, -0.25) is 14.9 Å². The summed E-state index contributed by atoms with van der Waals surface area (Å²) in [6.07, 6.45) is 3.60. The quantitative estimate of drug-likeness (QED) is 0.654. The lowest BCUT2D eigenvalue weighted by molar-refractivity contribution is 0.290. The zero-order valence-corrected chi connectivity index (χ0v) is 12.1. The maximum atomic E-state index is 5.09. The highest BCUT2D eigenvalue weighted by atomic mass is 32.1. The van der Waals surface area contributed by atoms with E-state index in [0.717, 1.165) is 24.5 Å². The van der Waals surface area contributed by atoms with Crippen LogP contribution in [0.3, 0.4) is 0 Å². The summed E-state index contributed by atoms with van der Waals surface area (Å²) in [6.45, 7) is 2.11. The predicted octanol–water partition coefficient (Wildman–Crippen LogP) is 2.74. The van der Waals surface area contributed by atoms with Crippen LogP contribution in [0.25, 0.3) is 0 Å². The van der Waals surface area contributed by atoms with E-state index in [1.54, 1.807) is 12.4 Å². The molecule has 0 spiro atoms. The molecule has 5 heteroatoms. The molecule has 2 heterocycles. The van der Waals surface area contributed by atoms with Gasteiger partial charge in [-0.25, -0.2) is 0 Å². The topological polar surface area (TPSA) is 29.0 Å². The Hall–Kier alpha value is -1.30. The van der Waals surface area contributed by atoms with Crippen LogP contribution in [-0.2, 0) is 13.1 Å². The van der Waals surface area contributed by atoms with Crippen molar-refractivity contribution in [1.29, 1.82) is 0 Å². The Bertz CT molecular complexity index is 475. The molecular formula is C14H15N3S2. The van der Waals surface area contributed by atoms with Gasteiger partial charge in [0.05, 0.1) is 15.6 Å². The largest absolute Gasteiger partial charge is 0.286 e. The Morgan fingerprint density at radius 1 is 1.00 bits per heavy atom. The van der Waals surface area contributed by atoms with Crippen molar-refractivity contribution in [2.75, 3.05) is 6.54 Å². The predicted molar refractivity (Wildman–Crippen MR) is 84.2 cm³/mol. The zero-order chi connectivity index (χ0) is 13.5. The van der Waals surface area contributed by atoms with Gasteiger partial charge in [0.15, 0.2) is 0 Å². The Morgan fingerprint density at radius 3 is 1.89 bits per heavy atom. The van der Waals surface area contributed by atoms with Crippen LogP contribution in [0.1, 0.15) is 11.4 Å². The molecule has 0 saturated carbocycles. The molecule has 19 heavy (non-hydrogen) atoms. The first-order chi connectivity index (χ1) is 9.24. The van der Waals surface area contributed by atoms with Crippen LogP contribution in [0.4, 0.5) is 0 Å². The number of aromatic nitrogens is 2. The normalized spacial score (nSPS) is 10.6. The minimum Gasteiger partial charge on any atom is -0.286 e. The summed E-state index contributed by atoms with van der Waals surface area (Å²) in [5.41, 5.74) is 2.03. The van der Waals surface area contributed by atoms with Crippen molar-refractivity contribution < 1.29 is 0 Å². The second-order valence-electron chi connectivity index (χ2n) is 4.18. The van der Waals surface area contributed by atoms with E-state index in [1.807, 2.05) is 36.4 Å². The molecule has 98 valence electrons. The number of thiocarbonyl (C=S) groups is 1. The zero-order valence-electron chi connectivity index (χ0n) is 10.4. The van der Waals surface area contributed by atoms with E-state index in [-0.39, 0.29) is 0 Å². The van der Waals surface area contributed by atoms with Crippen molar-refractivity contribution in [1.82, 2.24) is 14.9 Å². The standard InChI is InChI=1S/C14H15N3S2/c18-14(19)11-17(9-12-5-1-3-7-15-12)10-13-6-2-4-8-16-13/h1-8H,9-11H2,(H,18,19). The van der Waals surface area contributed by atoms with E-state index in [2.05, 4.69) is 27.5 Å². The number of nitrogens with zero attached hydrogens (tertiary/aromatic N) is 3. The fourth-order valence-electron chi connectivity index (χ4n) is 1.80. The molecule has 0 N–H and O–H groups in total. The van der Waals surface area contributed by atoms with E-state index < -0.39 is 0 Å². The second kappa shape index (κ2) is 7.33. The van der Waals surface area contributed by atoms with E-state index in [9.17, 15) is 0 Å². The number of rotatable bonds is 6. The SMILES string of the molecule is S=C(S)CN(Cc1ccccn1)Cc1ccccn1. The lowest BCUT2D eigenvalue weighted by atomic mass is 10.3. The molecule has 0 amide bonds. The van der Waals surface area contributed by atoms with Crippen LogP contribution in [-0.4, -0.2) is 25.6 Å². The highest BCUT2D eigenvalue weighted by Gasteiger charge is 2.09. The molecule has 2 aromatic heterocycles. The molecule has 0 aliphatic rings. The lowest BCUT2D eigenvalue weighted by Gasteiger charge is -2.20. The Kier molecular flexibility index (Phi) is 5.44. The minimum absolute atomic E-state index is 0.644. The highest BCUT2D eigenvalue weighted by molar-refractivity contribution is 8.11. The van der Waals surface area contributed by atoms with Gasteiger partial charge in [0, 0.05) is 32.0 Å². The smallest absolute Gasteiger partial charge is 0.0589 e. The van der Waals surface area contributed by atoms with Gasteiger partial charge in [0.25, 0.3) is 0 Å². The van der Waals surface area contributed by atoms with Crippen molar-refractivity contribution in [2.45, 2.75) is 13.1 Å². The molecule has 0 saturated heterocycles. The van der Waals surface area contributed by atoms with Gasteiger partial charge >= 0.3 is 0 Å². The summed E-state index contributed by atoms with van der Waals surface area (Å²) >= 11 is 9.31. The van der Waals surface area contributed by atoms with E-state index in [4.69, 9.17) is 12.2 Å². The summed E-state index contributed by atoms with van der Waals surface area (Å²) in [7, 11) is 0. The van der Waals surface area contributed by atoms with E-state index in [1.165, 1.54) is 0 Å². The number of hydrogen-bond donors (Lipinski definition) is 1. The van der Waals surface area contributed by atoms with Crippen LogP contribution in [0, 0.1) is 0 Å². The summed E-state index contributed by atoms with van der Waals surface area (Å²) in [5.74, 6) is 0. The van der Waals surface area contributed by atoms with Gasteiger partial charge in [-0.05, 0) is 24.3 Å². The molecule has 0 fully saturated rings. The fourth-order valence-corrected chi connectivity index (χ4v) is 2.18. The Labute approximate surface area is 124 Å². The second-order valence-corrected chi connectivity index (χ2v) is 5.52. The average molecular weight is 289 g/mol. The number of hydrogen-bond acceptors (Lipinski definition) is 4. The Balaban J connectivity index is 2.06. The van der Waals surface area contributed by atoms with Crippen LogP contribution >= 0.6 is 24.8 Å². The van der Waals surface area contributed by atoms with Crippen molar-refractivity contribution in [2.24, 2.45) is 0 Å². The van der Waals surface area contributed by atoms with Gasteiger partial charge in [0.2, 0.25) is 0 Å². The van der Waals surface area contributed by atoms with Gasteiger partial charge in [-0.15, -0.1) is 12.6 Å². The molecule has 2 rings (SSSR count). The highest BCUT2D eigenvalue weighted by Crippen LogP contribution is 2.07. The fraction of sp³-hybridized carbons (Fsp3) is 0.214. The Morgan fingerprint density at radius 2 is 1.53 bits per heavy atom. The molecule has 0 unspecified atom stereocenters. The van der Waals surface area contributed by atoms with Crippen molar-refractivity contribution >= 4 is 29.0 Å². The van der Waals surface area contributed by atoms with Crippen LogP contribution in [0.15, 0.2) is 48.8 Å². The molecule has 2 aromatic rings. The van der Waals surface area contributed by atoms with Crippen LogP contribution in [0.2, 0.25) is 0 Å². The van der Waals surface area contributed by atoms with Crippen molar-refractivity contribution in [3.05, 3.63) is 60.2 Å². The van der Waals surface area contributed by atoms with Crippen LogP contribution < -0.4 is 0 Å². The van der Waals surface area contributed by atoms with Crippen molar-refractivity contribution in [3.8, 4) is 0 Å². The molecule has 0 atom stereocenters. The summed E-state index contributed by atoms with van der Waals surface area (Å²) in [6, 6.07) is 11.8. The van der Waals surface area contributed by atoms with Crippen LogP contribution in [0.5, 0.6) is 0 Å². The third-order valence-electron chi connectivity index (χ3n) is 2.58. The van der Waals surface area contributed by atoms with E-state index >= 15 is 0 Å². The maximum Gasteiger partial charge on any atom is 0.0589 e. The summed E-state index contributed by atoms with van der Waals surface area (Å²) in [4.78, 5) is 10.9. The first kappa shape index (κ1) is 14.1. The average Bonchev–Trinajstić information content (AvgIpc) is 2.40. The summed E-state index contributed by atoms with van der Waals surface area (Å²) < 4.78 is 0.673. The first-order valence-corrected chi connectivity index (χ1v) is 6.83. The molecular weight excluding hydrogens is 274 g/mol. The van der Waals surface area contributed by atoms with Gasteiger partial charge in [-0.1, -0.05) is 24.4 Å². The monoisotopic (exact) mass is 289 g/mol. The number of pyridine rings is 2. The van der Waals surface area contributed by atoms with Gasteiger partial charge < -0.3 is 0 Å². The third-order valence-corrected chi connectivity index (χ3v) is 2.85.